The molecule has 0 bridgehead atoms. The molecule has 4 heteroatoms. The van der Waals surface area contributed by atoms with E-state index in [1.807, 2.05) is 12.1 Å². The van der Waals surface area contributed by atoms with Crippen LogP contribution in [0.25, 0.3) is 6.08 Å². The number of allylic oxidation sites excluding steroid dienone is 1. The van der Waals surface area contributed by atoms with Gasteiger partial charge in [0.25, 0.3) is 0 Å². The van der Waals surface area contributed by atoms with E-state index >= 15 is 0 Å². The molecule has 0 spiro atoms. The molecule has 2 rings (SSSR count). The van der Waals surface area contributed by atoms with Crippen LogP contribution in [0.4, 0.5) is 0 Å². The van der Waals surface area contributed by atoms with E-state index in [-0.39, 0.29) is 6.79 Å². The van der Waals surface area contributed by atoms with Gasteiger partial charge in [0.15, 0.2) is 11.5 Å². The molecule has 72 valence electrons. The van der Waals surface area contributed by atoms with Crippen LogP contribution in [0.2, 0.25) is 0 Å². The minimum atomic E-state index is 0.172. The van der Waals surface area contributed by atoms with Crippen LogP contribution in [0.1, 0.15) is 11.1 Å². The topological polar surface area (TPSA) is 66.0 Å². The van der Waals surface area contributed by atoms with Crippen LogP contribution in [-0.2, 0) is 0 Å². The third kappa shape index (κ3) is 1.61. The van der Waals surface area contributed by atoms with Gasteiger partial charge in [-0.1, -0.05) is 0 Å². The van der Waals surface area contributed by atoms with Gasteiger partial charge >= 0.3 is 0 Å². The first kappa shape index (κ1) is 9.11. The molecule has 1 aliphatic rings. The Hall–Kier alpha value is -2.46. The highest BCUT2D eigenvalue weighted by atomic mass is 16.7. The lowest BCUT2D eigenvalue weighted by Gasteiger charge is -2.00. The maximum absolute atomic E-state index is 8.89. The summed E-state index contributed by atoms with van der Waals surface area (Å²) in [6.07, 6.45) is 2.89. The molecule has 0 N–H and O–H groups in total. The Labute approximate surface area is 86.6 Å². The Kier molecular flexibility index (Phi) is 2.26. The fraction of sp³-hybridized carbons (Fsp3) is 0.0909. The summed E-state index contributed by atoms with van der Waals surface area (Å²) in [6, 6.07) is 7.21. The minimum Gasteiger partial charge on any atom is -0.454 e. The summed E-state index contributed by atoms with van der Waals surface area (Å²) >= 11 is 0. The van der Waals surface area contributed by atoms with Crippen molar-refractivity contribution in [1.29, 1.82) is 10.5 Å². The Balaban J connectivity index is 2.51. The fourth-order valence-corrected chi connectivity index (χ4v) is 1.32. The van der Waals surface area contributed by atoms with Gasteiger partial charge in [-0.25, -0.2) is 0 Å². The molecular weight excluding hydrogens is 192 g/mol. The SMILES string of the molecule is N#C/C=C/c1cc2c(cc1C#N)OCO2. The van der Waals surface area contributed by atoms with Crippen molar-refractivity contribution in [2.24, 2.45) is 0 Å². The second-order valence-corrected chi connectivity index (χ2v) is 2.87. The Morgan fingerprint density at radius 1 is 1.20 bits per heavy atom. The molecule has 1 aromatic rings. The maximum atomic E-state index is 8.89. The van der Waals surface area contributed by atoms with Crippen molar-refractivity contribution in [2.75, 3.05) is 6.79 Å². The van der Waals surface area contributed by atoms with E-state index < -0.39 is 0 Å². The maximum Gasteiger partial charge on any atom is 0.231 e. The Morgan fingerprint density at radius 2 is 1.93 bits per heavy atom. The molecule has 0 fully saturated rings. The number of hydrogen-bond donors (Lipinski definition) is 0. The fourth-order valence-electron chi connectivity index (χ4n) is 1.32. The molecule has 0 unspecified atom stereocenters. The largest absolute Gasteiger partial charge is 0.454 e. The Bertz CT molecular complexity index is 507. The second kappa shape index (κ2) is 3.73. The summed E-state index contributed by atoms with van der Waals surface area (Å²) in [6.45, 7) is 0.172. The number of hydrogen-bond acceptors (Lipinski definition) is 4. The van der Waals surface area contributed by atoms with Crippen LogP contribution in [0.3, 0.4) is 0 Å². The van der Waals surface area contributed by atoms with Gasteiger partial charge < -0.3 is 9.47 Å². The van der Waals surface area contributed by atoms with Crippen LogP contribution >= 0.6 is 0 Å². The third-order valence-corrected chi connectivity index (χ3v) is 2.00. The number of rotatable bonds is 1. The quantitative estimate of drug-likeness (QED) is 0.645. The molecule has 1 heterocycles. The van der Waals surface area contributed by atoms with E-state index in [4.69, 9.17) is 20.0 Å². The standard InChI is InChI=1S/C11H6N2O2/c12-3-1-2-8-4-10-11(15-7-14-10)5-9(8)6-13/h1-2,4-5H,7H2/b2-1+. The Morgan fingerprint density at radius 3 is 2.60 bits per heavy atom. The van der Waals surface area contributed by atoms with E-state index in [1.165, 1.54) is 6.08 Å². The highest BCUT2D eigenvalue weighted by molar-refractivity contribution is 5.65. The zero-order valence-electron chi connectivity index (χ0n) is 7.73. The zero-order chi connectivity index (χ0) is 10.7. The highest BCUT2D eigenvalue weighted by Crippen LogP contribution is 2.34. The molecular formula is C11H6N2O2. The molecule has 0 saturated carbocycles. The van der Waals surface area contributed by atoms with Gasteiger partial charge in [-0.3, -0.25) is 0 Å². The van der Waals surface area contributed by atoms with Crippen molar-refractivity contribution in [2.45, 2.75) is 0 Å². The lowest BCUT2D eigenvalue weighted by atomic mass is 10.1. The van der Waals surface area contributed by atoms with Crippen LogP contribution in [0, 0.1) is 22.7 Å². The molecule has 0 aromatic heterocycles. The lowest BCUT2D eigenvalue weighted by Crippen LogP contribution is -1.92. The van der Waals surface area contributed by atoms with Gasteiger partial charge in [0.05, 0.1) is 17.7 Å². The molecule has 0 atom stereocenters. The summed E-state index contributed by atoms with van der Waals surface area (Å²) in [5, 5.41) is 17.3. The van der Waals surface area contributed by atoms with Crippen molar-refractivity contribution in [3.8, 4) is 23.6 Å². The molecule has 0 aliphatic carbocycles. The van der Waals surface area contributed by atoms with Gasteiger partial charge in [0.1, 0.15) is 0 Å². The number of nitriles is 2. The number of benzene rings is 1. The highest BCUT2D eigenvalue weighted by Gasteiger charge is 2.15. The molecule has 15 heavy (non-hydrogen) atoms. The lowest BCUT2D eigenvalue weighted by molar-refractivity contribution is 0.174. The summed E-state index contributed by atoms with van der Waals surface area (Å²) in [5.74, 6) is 1.17. The predicted octanol–water partition coefficient (Wildman–Crippen LogP) is 1.82. The van der Waals surface area contributed by atoms with Crippen molar-refractivity contribution < 1.29 is 9.47 Å². The van der Waals surface area contributed by atoms with Gasteiger partial charge in [0.2, 0.25) is 6.79 Å². The summed E-state index contributed by atoms with van der Waals surface area (Å²) < 4.78 is 10.3. The molecule has 1 aliphatic heterocycles. The van der Waals surface area contributed by atoms with E-state index in [0.29, 0.717) is 22.6 Å². The zero-order valence-corrected chi connectivity index (χ0v) is 7.73. The minimum absolute atomic E-state index is 0.172. The van der Waals surface area contributed by atoms with Crippen LogP contribution in [0.15, 0.2) is 18.2 Å². The summed E-state index contributed by atoms with van der Waals surface area (Å²) in [4.78, 5) is 0. The average molecular weight is 198 g/mol. The van der Waals surface area contributed by atoms with E-state index in [9.17, 15) is 0 Å². The van der Waals surface area contributed by atoms with Crippen molar-refractivity contribution in [3.05, 3.63) is 29.3 Å². The van der Waals surface area contributed by atoms with E-state index in [0.717, 1.165) is 0 Å². The molecule has 1 aromatic carbocycles. The first-order valence-corrected chi connectivity index (χ1v) is 4.25. The van der Waals surface area contributed by atoms with Gasteiger partial charge in [-0.15, -0.1) is 0 Å². The monoisotopic (exact) mass is 198 g/mol. The third-order valence-electron chi connectivity index (χ3n) is 2.00. The van der Waals surface area contributed by atoms with Crippen LogP contribution in [-0.4, -0.2) is 6.79 Å². The first-order chi connectivity index (χ1) is 7.35. The summed E-state index contributed by atoms with van der Waals surface area (Å²) in [5.41, 5.74) is 1.12. The van der Waals surface area contributed by atoms with Gasteiger partial charge in [0, 0.05) is 12.1 Å². The smallest absolute Gasteiger partial charge is 0.231 e. The normalized spacial score (nSPS) is 12.4. The number of ether oxygens (including phenoxy) is 2. The van der Waals surface area contributed by atoms with Crippen molar-refractivity contribution in [3.63, 3.8) is 0 Å². The summed E-state index contributed by atoms with van der Waals surface area (Å²) in [7, 11) is 0. The van der Waals surface area contributed by atoms with E-state index in [2.05, 4.69) is 0 Å². The first-order valence-electron chi connectivity index (χ1n) is 4.25. The van der Waals surface area contributed by atoms with Gasteiger partial charge in [-0.05, 0) is 17.7 Å². The molecule has 0 amide bonds. The number of fused-ring (bicyclic) bond motifs is 1. The predicted molar refractivity (Wildman–Crippen MR) is 51.9 cm³/mol. The van der Waals surface area contributed by atoms with Crippen molar-refractivity contribution >= 4 is 6.08 Å². The van der Waals surface area contributed by atoms with Crippen molar-refractivity contribution in [1.82, 2.24) is 0 Å². The van der Waals surface area contributed by atoms with Gasteiger partial charge in [-0.2, -0.15) is 10.5 Å². The molecule has 0 saturated heterocycles. The second-order valence-electron chi connectivity index (χ2n) is 2.87. The van der Waals surface area contributed by atoms with Crippen LogP contribution < -0.4 is 9.47 Å². The van der Waals surface area contributed by atoms with Crippen LogP contribution in [0.5, 0.6) is 11.5 Å². The van der Waals surface area contributed by atoms with E-state index in [1.54, 1.807) is 18.2 Å². The molecule has 0 radical (unpaired) electrons. The molecule has 4 nitrogen and oxygen atoms in total. The average Bonchev–Trinajstić information content (AvgIpc) is 2.71. The number of nitrogens with zero attached hydrogens (tertiary/aromatic N) is 2.